The van der Waals surface area contributed by atoms with E-state index in [0.717, 1.165) is 0 Å². The van der Waals surface area contributed by atoms with Gasteiger partial charge in [-0.1, -0.05) is 0 Å². The van der Waals surface area contributed by atoms with Crippen LogP contribution in [0.5, 0.6) is 11.5 Å². The fourth-order valence-electron chi connectivity index (χ4n) is 0.617. The highest BCUT2D eigenvalue weighted by molar-refractivity contribution is 6.17. The van der Waals surface area contributed by atoms with Crippen molar-refractivity contribution in [3.05, 3.63) is 24.3 Å². The molecule has 1 rings (SSSR count). The molecule has 3 nitrogen and oxygen atoms in total. The molecule has 1 aromatic rings. The smallest absolute Gasteiger partial charge is 0.504 e. The van der Waals surface area contributed by atoms with E-state index >= 15 is 0 Å². The molecule has 0 aromatic heterocycles. The van der Waals surface area contributed by atoms with Gasteiger partial charge in [0, 0.05) is 0 Å². The van der Waals surface area contributed by atoms with E-state index in [4.69, 9.17) is 14.8 Å². The summed E-state index contributed by atoms with van der Waals surface area (Å²) in [7, 11) is -0.342. The molecule has 4 heteroatoms. The molecule has 52 valence electrons. The van der Waals surface area contributed by atoms with Crippen LogP contribution in [0.3, 0.4) is 0 Å². The third-order valence-electron chi connectivity index (χ3n) is 1.07. The van der Waals surface area contributed by atoms with Crippen LogP contribution in [0.1, 0.15) is 0 Å². The first-order valence-corrected chi connectivity index (χ1v) is 2.85. The van der Waals surface area contributed by atoms with Crippen LogP contribution in [0.4, 0.5) is 0 Å². The molecule has 0 saturated carbocycles. The van der Waals surface area contributed by atoms with Gasteiger partial charge < -0.3 is 14.8 Å². The predicted octanol–water partition coefficient (Wildman–Crippen LogP) is 0.0298. The summed E-state index contributed by atoms with van der Waals surface area (Å²) >= 11 is 0. The lowest BCUT2D eigenvalue weighted by Gasteiger charge is -1.99. The van der Waals surface area contributed by atoms with E-state index in [-0.39, 0.29) is 13.4 Å². The van der Waals surface area contributed by atoms with E-state index in [2.05, 4.69) is 0 Å². The fourth-order valence-corrected chi connectivity index (χ4v) is 0.617. The van der Waals surface area contributed by atoms with E-state index in [0.29, 0.717) is 5.75 Å². The van der Waals surface area contributed by atoms with Gasteiger partial charge >= 0.3 is 7.69 Å². The maximum Gasteiger partial charge on any atom is 0.504 e. The largest absolute Gasteiger partial charge is 0.539 e. The lowest BCUT2D eigenvalue weighted by atomic mass is 10.3. The number of phenolic OH excluding ortho intramolecular Hbond substituents is 1. The highest BCUT2D eigenvalue weighted by Crippen LogP contribution is 2.14. The average molecular weight is 138 g/mol. The second-order valence-corrected chi connectivity index (χ2v) is 1.77. The molecule has 0 radical (unpaired) electrons. The van der Waals surface area contributed by atoms with E-state index in [9.17, 15) is 0 Å². The number of rotatable bonds is 2. The second kappa shape index (κ2) is 3.13. The lowest BCUT2D eigenvalue weighted by molar-refractivity contribution is 0.449. The van der Waals surface area contributed by atoms with Gasteiger partial charge in [-0.05, 0) is 24.3 Å². The molecule has 0 atom stereocenters. The summed E-state index contributed by atoms with van der Waals surface area (Å²) < 4.78 is 4.71. The number of phenols is 1. The number of hydrogen-bond acceptors (Lipinski definition) is 3. The first kappa shape index (κ1) is 6.96. The minimum Gasteiger partial charge on any atom is -0.539 e. The zero-order valence-electron chi connectivity index (χ0n) is 5.32. The molecule has 2 N–H and O–H groups in total. The molecule has 0 aliphatic rings. The summed E-state index contributed by atoms with van der Waals surface area (Å²) in [6.07, 6.45) is 0. The number of hydrogen-bond donors (Lipinski definition) is 2. The zero-order valence-corrected chi connectivity index (χ0v) is 5.32. The summed E-state index contributed by atoms with van der Waals surface area (Å²) in [6.45, 7) is 0. The maximum atomic E-state index is 8.81. The number of benzene rings is 1. The van der Waals surface area contributed by atoms with Crippen LogP contribution >= 0.6 is 0 Å². The maximum absolute atomic E-state index is 8.81. The van der Waals surface area contributed by atoms with E-state index < -0.39 is 0 Å². The topological polar surface area (TPSA) is 49.7 Å². The summed E-state index contributed by atoms with van der Waals surface area (Å²) in [4.78, 5) is 0. The predicted molar refractivity (Wildman–Crippen MR) is 38.1 cm³/mol. The Morgan fingerprint density at radius 3 is 2.30 bits per heavy atom. The zero-order chi connectivity index (χ0) is 7.40. The van der Waals surface area contributed by atoms with Crippen molar-refractivity contribution in [2.24, 2.45) is 0 Å². The minimum atomic E-state index is -0.342. The third-order valence-corrected chi connectivity index (χ3v) is 1.07. The number of aromatic hydroxyl groups is 1. The summed E-state index contributed by atoms with van der Waals surface area (Å²) in [5, 5.41) is 17.1. The highest BCUT2D eigenvalue weighted by Gasteiger charge is 1.91. The van der Waals surface area contributed by atoms with Gasteiger partial charge in [-0.15, -0.1) is 0 Å². The van der Waals surface area contributed by atoms with Gasteiger partial charge in [-0.25, -0.2) is 0 Å². The molecule has 0 unspecified atom stereocenters. The van der Waals surface area contributed by atoms with Crippen LogP contribution in [-0.2, 0) is 0 Å². The van der Waals surface area contributed by atoms with Gasteiger partial charge in [-0.2, -0.15) is 0 Å². The van der Waals surface area contributed by atoms with Crippen molar-refractivity contribution >= 4 is 7.69 Å². The molecule has 0 spiro atoms. The van der Waals surface area contributed by atoms with E-state index in [1.807, 2.05) is 0 Å². The monoisotopic (exact) mass is 138 g/mol. The summed E-state index contributed by atoms with van der Waals surface area (Å²) in [5.74, 6) is 0.727. The van der Waals surface area contributed by atoms with Crippen LogP contribution in [0.25, 0.3) is 0 Å². The summed E-state index contributed by atoms with van der Waals surface area (Å²) in [6, 6.07) is 6.13. The van der Waals surface area contributed by atoms with Crippen molar-refractivity contribution in [1.82, 2.24) is 0 Å². The van der Waals surface area contributed by atoms with Crippen molar-refractivity contribution in [1.29, 1.82) is 0 Å². The van der Waals surface area contributed by atoms with Crippen molar-refractivity contribution < 1.29 is 14.8 Å². The van der Waals surface area contributed by atoms with Crippen LogP contribution in [0.15, 0.2) is 24.3 Å². The van der Waals surface area contributed by atoms with Crippen LogP contribution < -0.4 is 4.65 Å². The van der Waals surface area contributed by atoms with Gasteiger partial charge in [0.05, 0.1) is 0 Å². The van der Waals surface area contributed by atoms with Crippen molar-refractivity contribution in [2.45, 2.75) is 0 Å². The standard InChI is InChI=1S/C6H7BO3/c8-5-1-3-6(4-2-5)10-7-9/h1-4,7-9H. The molecule has 0 bridgehead atoms. The minimum absolute atomic E-state index is 0.185. The van der Waals surface area contributed by atoms with E-state index in [1.165, 1.54) is 12.1 Å². The summed E-state index contributed by atoms with van der Waals surface area (Å²) in [5.41, 5.74) is 0. The van der Waals surface area contributed by atoms with E-state index in [1.54, 1.807) is 12.1 Å². The molecular formula is C6H7BO3. The molecule has 0 amide bonds. The van der Waals surface area contributed by atoms with Crippen molar-refractivity contribution in [3.63, 3.8) is 0 Å². The molecule has 0 saturated heterocycles. The molecule has 0 aliphatic carbocycles. The van der Waals surface area contributed by atoms with Gasteiger partial charge in [0.25, 0.3) is 0 Å². The first-order valence-electron chi connectivity index (χ1n) is 2.85. The Hall–Kier alpha value is -1.16. The van der Waals surface area contributed by atoms with Gasteiger partial charge in [0.1, 0.15) is 11.5 Å². The van der Waals surface area contributed by atoms with Crippen LogP contribution in [0.2, 0.25) is 0 Å². The Kier molecular flexibility index (Phi) is 2.17. The Bertz CT molecular complexity index is 197. The third kappa shape index (κ3) is 1.67. The molecule has 0 aliphatic heterocycles. The molecule has 10 heavy (non-hydrogen) atoms. The highest BCUT2D eigenvalue weighted by atomic mass is 16.5. The first-order chi connectivity index (χ1) is 4.83. The normalized spacial score (nSPS) is 8.90. The molecular weight excluding hydrogens is 131 g/mol. The Morgan fingerprint density at radius 1 is 1.20 bits per heavy atom. The molecule has 1 aromatic carbocycles. The van der Waals surface area contributed by atoms with Crippen LogP contribution in [0, 0.1) is 0 Å². The average Bonchev–Trinajstić information content (AvgIpc) is 1.95. The van der Waals surface area contributed by atoms with Crippen LogP contribution in [-0.4, -0.2) is 17.8 Å². The fraction of sp³-hybridized carbons (Fsp3) is 0. The van der Waals surface area contributed by atoms with Gasteiger partial charge in [0.15, 0.2) is 0 Å². The Morgan fingerprint density at radius 2 is 1.80 bits per heavy atom. The van der Waals surface area contributed by atoms with Crippen molar-refractivity contribution in [2.75, 3.05) is 0 Å². The SMILES string of the molecule is OBOc1ccc(O)cc1. The quantitative estimate of drug-likeness (QED) is 0.566. The Balaban J connectivity index is 2.69. The van der Waals surface area contributed by atoms with Gasteiger partial charge in [-0.3, -0.25) is 0 Å². The van der Waals surface area contributed by atoms with Crippen molar-refractivity contribution in [3.8, 4) is 11.5 Å². The molecule has 0 heterocycles. The Labute approximate surface area is 59.2 Å². The second-order valence-electron chi connectivity index (χ2n) is 1.77. The molecule has 0 fully saturated rings. The lowest BCUT2D eigenvalue weighted by Crippen LogP contribution is -1.98. The van der Waals surface area contributed by atoms with Gasteiger partial charge in [0.2, 0.25) is 0 Å².